The van der Waals surface area contributed by atoms with Crippen LogP contribution in [-0.4, -0.2) is 178 Å². The van der Waals surface area contributed by atoms with Crippen LogP contribution in [0.3, 0.4) is 0 Å². The van der Waals surface area contributed by atoms with Gasteiger partial charge in [-0.3, -0.25) is 23.4 Å². The van der Waals surface area contributed by atoms with Crippen molar-refractivity contribution < 1.29 is 60.5 Å². The van der Waals surface area contributed by atoms with Gasteiger partial charge < -0.3 is 48.2 Å². The van der Waals surface area contributed by atoms with E-state index < -0.39 is 21.3 Å². The standard InChI is InChI=1S/C16H24BrN3O3.C13H18BrN3O2.C11H16BrN3O2.C6H12O4S.C5H10O2/c1-16(2,3)23-15(21)19-7-4-13-12(10-19)14(17)18-20(13)11-5-8-22-9-6-11;1-9(18)16-5-2-12-11(8-16)13(14)15-17(12)10-3-6-19-7-4-10;1-11(2,3)17-10(16)15-5-4-8-7(6-15)9(12)14-13-8;1-11(7,8)10-6-2-4-9-5-3-6;6-5-1-3-7-4-2-5/h11H,4-10H2,1-3H3;10H,2-8H2,1H3;4-6H2,1-3H3,(H,13,14);6H,2-5H2,1H3;5-6H,1-4H2. The third kappa shape index (κ3) is 19.8. The molecule has 0 atom stereocenters. The average molecular weight is 1300 g/mol. The number of aliphatic hydroxyl groups excluding tert-OH is 1. The molecule has 3 amide bonds. The highest BCUT2D eigenvalue weighted by molar-refractivity contribution is 9.11. The third-order valence-corrected chi connectivity index (χ3v) is 16.0. The maximum atomic E-state index is 12.3. The molecular weight excluding hydrogens is 1220 g/mol. The lowest BCUT2D eigenvalue weighted by Crippen LogP contribution is -2.40. The molecule has 0 spiro atoms. The Balaban J connectivity index is 0.000000163. The molecule has 0 saturated carbocycles. The number of amides is 3. The summed E-state index contributed by atoms with van der Waals surface area (Å²) in [6.07, 6.45) is 9.81. The Morgan fingerprint density at radius 1 is 0.597 bits per heavy atom. The highest BCUT2D eigenvalue weighted by atomic mass is 79.9. The van der Waals surface area contributed by atoms with Gasteiger partial charge >= 0.3 is 12.2 Å². The van der Waals surface area contributed by atoms with Crippen LogP contribution in [0.4, 0.5) is 9.59 Å². The molecule has 3 aromatic heterocycles. The first-order valence-corrected chi connectivity index (χ1v) is 30.9. The minimum Gasteiger partial charge on any atom is -0.444 e. The molecule has 0 radical (unpaired) electrons. The third-order valence-electron chi connectivity index (χ3n) is 13.4. The number of carbonyl (C=O) groups excluding carboxylic acids is 3. The number of nitrogens with one attached hydrogen (secondary N) is 1. The van der Waals surface area contributed by atoms with E-state index in [0.717, 1.165) is 141 Å². The van der Waals surface area contributed by atoms with Crippen LogP contribution in [-0.2, 0) is 86.4 Å². The number of hydrogen-bond donors (Lipinski definition) is 2. The lowest BCUT2D eigenvalue weighted by atomic mass is 10.1. The van der Waals surface area contributed by atoms with Crippen LogP contribution in [0.25, 0.3) is 0 Å². The van der Waals surface area contributed by atoms with Crippen molar-refractivity contribution in [3.05, 3.63) is 47.6 Å². The summed E-state index contributed by atoms with van der Waals surface area (Å²) in [7, 11) is -3.28. The maximum Gasteiger partial charge on any atom is 0.410 e. The number of rotatable bonds is 4. The predicted molar refractivity (Wildman–Crippen MR) is 296 cm³/mol. The van der Waals surface area contributed by atoms with E-state index in [4.69, 9.17) is 37.7 Å². The van der Waals surface area contributed by atoms with Crippen molar-refractivity contribution >= 4 is 76.0 Å². The van der Waals surface area contributed by atoms with Crippen LogP contribution in [0, 0.1) is 0 Å². The zero-order valence-electron chi connectivity index (χ0n) is 46.0. The monoisotopic (exact) mass is 1300 g/mol. The second-order valence-corrected chi connectivity index (χ2v) is 25.8. The first kappa shape index (κ1) is 63.0. The number of carbonyl (C=O) groups is 3. The lowest BCUT2D eigenvalue weighted by molar-refractivity contribution is -0.129. The van der Waals surface area contributed by atoms with Gasteiger partial charge in [0.1, 0.15) is 25.0 Å². The topological polar surface area (TPSA) is 244 Å². The van der Waals surface area contributed by atoms with E-state index in [-0.39, 0.29) is 30.3 Å². The second kappa shape index (κ2) is 29.0. The molecule has 3 aromatic rings. The van der Waals surface area contributed by atoms with Crippen molar-refractivity contribution in [1.29, 1.82) is 0 Å². The molecule has 4 fully saturated rings. The minimum atomic E-state index is -3.28. The van der Waals surface area contributed by atoms with Crippen molar-refractivity contribution in [3.8, 4) is 0 Å². The van der Waals surface area contributed by atoms with Gasteiger partial charge in [-0.1, -0.05) is 0 Å². The quantitative estimate of drug-likeness (QED) is 0.235. The molecule has 7 aliphatic heterocycles. The summed E-state index contributed by atoms with van der Waals surface area (Å²) < 4.78 is 64.6. The van der Waals surface area contributed by atoms with Gasteiger partial charge in [-0.25, -0.2) is 9.59 Å². The van der Waals surface area contributed by atoms with E-state index in [1.807, 2.05) is 46.4 Å². The molecule has 10 rings (SSSR count). The Bertz CT molecular complexity index is 2510. The summed E-state index contributed by atoms with van der Waals surface area (Å²) in [6.45, 7) is 22.7. The predicted octanol–water partition coefficient (Wildman–Crippen LogP) is 7.96. The Hall–Kier alpha value is -3.21. The summed E-state index contributed by atoms with van der Waals surface area (Å²) in [5.74, 6) is 0.136. The van der Waals surface area contributed by atoms with Gasteiger partial charge in [-0.05, 0) is 141 Å². The van der Waals surface area contributed by atoms with E-state index in [0.29, 0.717) is 70.9 Å². The van der Waals surface area contributed by atoms with Gasteiger partial charge in [0, 0.05) is 132 Å². The molecule has 0 unspecified atom stereocenters. The molecule has 22 nitrogen and oxygen atoms in total. The van der Waals surface area contributed by atoms with Crippen molar-refractivity contribution in [2.45, 2.75) is 174 Å². The second-order valence-electron chi connectivity index (χ2n) is 21.9. The van der Waals surface area contributed by atoms with Gasteiger partial charge in [-0.2, -0.15) is 23.7 Å². The zero-order chi connectivity index (χ0) is 56.1. The summed E-state index contributed by atoms with van der Waals surface area (Å²) >= 11 is 10.5. The van der Waals surface area contributed by atoms with Crippen molar-refractivity contribution in [2.75, 3.05) is 78.7 Å². The van der Waals surface area contributed by atoms with Gasteiger partial charge in [0.2, 0.25) is 5.91 Å². The molecule has 2 N–H and O–H groups in total. The van der Waals surface area contributed by atoms with Crippen LogP contribution in [0.2, 0.25) is 0 Å². The van der Waals surface area contributed by atoms with Crippen LogP contribution in [0.5, 0.6) is 0 Å². The number of aromatic amines is 1. The molecule has 77 heavy (non-hydrogen) atoms. The van der Waals surface area contributed by atoms with Crippen molar-refractivity contribution in [1.82, 2.24) is 44.5 Å². The molecule has 0 bridgehead atoms. The van der Waals surface area contributed by atoms with E-state index in [1.54, 1.807) is 16.7 Å². The van der Waals surface area contributed by atoms with E-state index in [9.17, 15) is 22.8 Å². The summed E-state index contributed by atoms with van der Waals surface area (Å²) in [6, 6.07) is 0.842. The molecule has 0 aromatic carbocycles. The largest absolute Gasteiger partial charge is 0.444 e. The van der Waals surface area contributed by atoms with Gasteiger partial charge in [0.05, 0.1) is 50.2 Å². The number of ether oxygens (including phenoxy) is 6. The zero-order valence-corrected chi connectivity index (χ0v) is 51.5. The fraction of sp³-hybridized carbons (Fsp3) is 0.765. The van der Waals surface area contributed by atoms with Crippen molar-refractivity contribution in [3.63, 3.8) is 0 Å². The fourth-order valence-electron chi connectivity index (χ4n) is 9.47. The number of H-pyrrole nitrogens is 1. The molecule has 4 saturated heterocycles. The van der Waals surface area contributed by atoms with E-state index >= 15 is 0 Å². The molecule has 7 aliphatic rings. The first-order chi connectivity index (χ1) is 36.4. The number of aliphatic hydroxyl groups is 1. The van der Waals surface area contributed by atoms with Crippen LogP contribution >= 0.6 is 47.8 Å². The highest BCUT2D eigenvalue weighted by Gasteiger charge is 2.33. The summed E-state index contributed by atoms with van der Waals surface area (Å²) in [5, 5.41) is 25.2. The van der Waals surface area contributed by atoms with Gasteiger partial charge in [-0.15, -0.1) is 0 Å². The fourth-order valence-corrected chi connectivity index (χ4v) is 11.7. The number of nitrogens with zero attached hydrogens (tertiary/aromatic N) is 8. The van der Waals surface area contributed by atoms with Gasteiger partial charge in [0.25, 0.3) is 10.1 Å². The summed E-state index contributed by atoms with van der Waals surface area (Å²) in [5.41, 5.74) is 6.02. The number of aromatic nitrogens is 6. The first-order valence-electron chi connectivity index (χ1n) is 26.7. The minimum absolute atomic E-state index is 0.0891. The molecule has 0 aliphatic carbocycles. The van der Waals surface area contributed by atoms with Crippen LogP contribution in [0.1, 0.15) is 146 Å². The number of hydrogen-bond acceptors (Lipinski definition) is 16. The van der Waals surface area contributed by atoms with Gasteiger partial charge in [0.15, 0.2) is 0 Å². The smallest absolute Gasteiger partial charge is 0.410 e. The SMILES string of the molecule is CC(=O)N1CCc2c(c(Br)nn2C2CCOCC2)C1.CC(C)(C)OC(=O)N1CCc2[nH]nc(Br)c2C1.CC(C)(C)OC(=O)N1CCc2c(c(Br)nn2C2CCOCC2)C1.CS(=O)(=O)OC1CCOCC1.OC1CCOCC1. The van der Waals surface area contributed by atoms with Crippen LogP contribution < -0.4 is 0 Å². The maximum absolute atomic E-state index is 12.3. The Morgan fingerprint density at radius 2 is 0.987 bits per heavy atom. The van der Waals surface area contributed by atoms with Crippen LogP contribution in [0.15, 0.2) is 13.8 Å². The number of fused-ring (bicyclic) bond motifs is 3. The number of halogens is 3. The normalized spacial score (nSPS) is 19.8. The van der Waals surface area contributed by atoms with E-state index in [2.05, 4.69) is 77.5 Å². The Labute approximate surface area is 478 Å². The average Bonchev–Trinajstić information content (AvgIpc) is 4.07. The lowest BCUT2D eigenvalue weighted by Gasteiger charge is -2.31. The summed E-state index contributed by atoms with van der Waals surface area (Å²) in [4.78, 5) is 41.0. The molecule has 26 heteroatoms. The van der Waals surface area contributed by atoms with Crippen molar-refractivity contribution in [2.24, 2.45) is 0 Å². The Kier molecular flexibility index (Phi) is 23.7. The Morgan fingerprint density at radius 3 is 1.39 bits per heavy atom. The molecule has 10 heterocycles. The highest BCUT2D eigenvalue weighted by Crippen LogP contribution is 2.34. The molecule has 434 valence electrons. The molecular formula is C51H80Br3N9O13S. The van der Waals surface area contributed by atoms with E-state index in [1.165, 1.54) is 17.0 Å².